The zero-order valence-electron chi connectivity index (χ0n) is 8.88. The van der Waals surface area contributed by atoms with Gasteiger partial charge in [0, 0.05) is 30.0 Å². The SMILES string of the molecule is C1=Cc2cccncc3ccccc3n2C1. The molecule has 0 saturated heterocycles. The smallest absolute Gasteiger partial charge is 0.0502 e. The van der Waals surface area contributed by atoms with Crippen molar-refractivity contribution in [2.45, 2.75) is 6.54 Å². The van der Waals surface area contributed by atoms with Gasteiger partial charge in [-0.25, -0.2) is 0 Å². The van der Waals surface area contributed by atoms with Crippen molar-refractivity contribution in [3.05, 3.63) is 60.6 Å². The quantitative estimate of drug-likeness (QED) is 0.650. The number of hydrogen-bond donors (Lipinski definition) is 0. The highest BCUT2D eigenvalue weighted by Gasteiger charge is 2.02. The van der Waals surface area contributed by atoms with E-state index in [1.807, 2.05) is 24.5 Å². The van der Waals surface area contributed by atoms with E-state index < -0.39 is 0 Å². The lowest BCUT2D eigenvalue weighted by Crippen LogP contribution is -1.95. The van der Waals surface area contributed by atoms with Crippen molar-refractivity contribution in [3.8, 4) is 0 Å². The third-order valence-corrected chi connectivity index (χ3v) is 2.77. The summed E-state index contributed by atoms with van der Waals surface area (Å²) in [4.78, 5) is 4.26. The van der Waals surface area contributed by atoms with Crippen LogP contribution >= 0.6 is 0 Å². The van der Waals surface area contributed by atoms with Crippen molar-refractivity contribution in [2.75, 3.05) is 0 Å². The Balaban J connectivity index is 2.50. The van der Waals surface area contributed by atoms with E-state index in [-0.39, 0.29) is 0 Å². The van der Waals surface area contributed by atoms with Gasteiger partial charge in [-0.2, -0.15) is 0 Å². The topological polar surface area (TPSA) is 17.8 Å². The second kappa shape index (κ2) is 3.81. The van der Waals surface area contributed by atoms with Crippen LogP contribution in [-0.2, 0) is 6.54 Å². The van der Waals surface area contributed by atoms with Gasteiger partial charge in [-0.3, -0.25) is 4.98 Å². The number of para-hydroxylation sites is 1. The van der Waals surface area contributed by atoms with E-state index in [0.717, 1.165) is 11.9 Å². The highest BCUT2D eigenvalue weighted by atomic mass is 15.0. The lowest BCUT2D eigenvalue weighted by Gasteiger charge is -2.04. The molecule has 0 N–H and O–H groups in total. The van der Waals surface area contributed by atoms with Crippen molar-refractivity contribution in [2.24, 2.45) is 0 Å². The van der Waals surface area contributed by atoms with Crippen molar-refractivity contribution in [3.63, 3.8) is 0 Å². The van der Waals surface area contributed by atoms with E-state index in [1.165, 1.54) is 11.2 Å². The fourth-order valence-electron chi connectivity index (χ4n) is 2.01. The van der Waals surface area contributed by atoms with Gasteiger partial charge >= 0.3 is 0 Å². The highest BCUT2D eigenvalue weighted by Crippen LogP contribution is 2.17. The average molecular weight is 208 g/mol. The number of benzene rings is 1. The fourth-order valence-corrected chi connectivity index (χ4v) is 2.01. The van der Waals surface area contributed by atoms with Gasteiger partial charge in [-0.15, -0.1) is 0 Å². The second-order valence-corrected chi connectivity index (χ2v) is 3.78. The minimum atomic E-state index is 0.935. The minimum absolute atomic E-state index is 0.935. The van der Waals surface area contributed by atoms with Crippen LogP contribution in [0, 0.1) is 0 Å². The fraction of sp³-hybridized carbons (Fsp3) is 0.0714. The molecule has 0 fully saturated rings. The molecule has 1 aromatic heterocycles. The lowest BCUT2D eigenvalue weighted by atomic mass is 10.2. The van der Waals surface area contributed by atoms with Gasteiger partial charge in [0.15, 0.2) is 0 Å². The Morgan fingerprint density at radius 1 is 1.06 bits per heavy atom. The molecule has 0 aliphatic carbocycles. The number of aromatic nitrogens is 2. The lowest BCUT2D eigenvalue weighted by molar-refractivity contribution is 0.874. The molecule has 3 rings (SSSR count). The summed E-state index contributed by atoms with van der Waals surface area (Å²) >= 11 is 0. The van der Waals surface area contributed by atoms with Crippen LogP contribution in [0.4, 0.5) is 0 Å². The van der Waals surface area contributed by atoms with Crippen LogP contribution in [0.25, 0.3) is 17.0 Å². The Labute approximate surface area is 94.2 Å². The summed E-state index contributed by atoms with van der Waals surface area (Å²) in [7, 11) is 0. The number of hydrogen-bond acceptors (Lipinski definition) is 1. The van der Waals surface area contributed by atoms with Crippen LogP contribution in [-0.4, -0.2) is 9.55 Å². The zero-order valence-corrected chi connectivity index (χ0v) is 8.88. The predicted octanol–water partition coefficient (Wildman–Crippen LogP) is 3.19. The van der Waals surface area contributed by atoms with Gasteiger partial charge in [0.2, 0.25) is 0 Å². The molecule has 78 valence electrons. The predicted molar refractivity (Wildman–Crippen MR) is 66.4 cm³/mol. The van der Waals surface area contributed by atoms with Gasteiger partial charge in [0.25, 0.3) is 0 Å². The first-order valence-electron chi connectivity index (χ1n) is 5.38. The summed E-state index contributed by atoms with van der Waals surface area (Å²) in [6, 6.07) is 12.4. The number of allylic oxidation sites excluding steroid dienone is 1. The molecule has 16 heavy (non-hydrogen) atoms. The van der Waals surface area contributed by atoms with Gasteiger partial charge in [-0.05, 0) is 24.3 Å². The Hall–Kier alpha value is -2.09. The Morgan fingerprint density at radius 2 is 2.00 bits per heavy atom. The third kappa shape index (κ3) is 1.48. The monoisotopic (exact) mass is 208 g/mol. The second-order valence-electron chi connectivity index (χ2n) is 3.78. The van der Waals surface area contributed by atoms with Crippen LogP contribution in [0.2, 0.25) is 0 Å². The molecular weight excluding hydrogens is 196 g/mol. The molecule has 2 heteroatoms. The first kappa shape index (κ1) is 9.16. The van der Waals surface area contributed by atoms with E-state index in [4.69, 9.17) is 0 Å². The summed E-state index contributed by atoms with van der Waals surface area (Å²) in [6.45, 7) is 0.935. The Bertz CT molecular complexity index is 607. The van der Waals surface area contributed by atoms with E-state index in [2.05, 4.69) is 46.0 Å². The van der Waals surface area contributed by atoms with E-state index in [0.29, 0.717) is 0 Å². The first-order valence-corrected chi connectivity index (χ1v) is 5.38. The molecule has 0 amide bonds. The Morgan fingerprint density at radius 3 is 3.00 bits per heavy atom. The maximum absolute atomic E-state index is 4.26. The zero-order chi connectivity index (χ0) is 10.8. The maximum atomic E-state index is 4.26. The molecule has 1 aliphatic heterocycles. The van der Waals surface area contributed by atoms with Crippen LogP contribution in [0.1, 0.15) is 5.69 Å². The van der Waals surface area contributed by atoms with Crippen molar-refractivity contribution < 1.29 is 0 Å². The van der Waals surface area contributed by atoms with Crippen molar-refractivity contribution in [1.29, 1.82) is 0 Å². The first-order chi connectivity index (χ1) is 7.95. The van der Waals surface area contributed by atoms with Gasteiger partial charge < -0.3 is 4.57 Å². The summed E-state index contributed by atoms with van der Waals surface area (Å²) in [5.41, 5.74) is 2.43. The maximum Gasteiger partial charge on any atom is 0.0502 e. The van der Waals surface area contributed by atoms with Crippen molar-refractivity contribution in [1.82, 2.24) is 9.55 Å². The van der Waals surface area contributed by atoms with Gasteiger partial charge in [0.05, 0.1) is 5.52 Å². The summed E-state index contributed by atoms with van der Waals surface area (Å²) in [5.74, 6) is 0. The molecule has 0 atom stereocenters. The molecule has 0 spiro atoms. The largest absolute Gasteiger partial charge is 0.337 e. The molecule has 2 heterocycles. The average Bonchev–Trinajstić information content (AvgIpc) is 2.78. The summed E-state index contributed by atoms with van der Waals surface area (Å²) in [6.07, 6.45) is 8.04. The Kier molecular flexibility index (Phi) is 2.18. The van der Waals surface area contributed by atoms with Crippen LogP contribution in [0.3, 0.4) is 0 Å². The third-order valence-electron chi connectivity index (χ3n) is 2.77. The van der Waals surface area contributed by atoms with Crippen LogP contribution in [0.5, 0.6) is 0 Å². The molecule has 2 nitrogen and oxygen atoms in total. The molecule has 0 unspecified atom stereocenters. The molecule has 1 aliphatic rings. The van der Waals surface area contributed by atoms with E-state index in [9.17, 15) is 0 Å². The van der Waals surface area contributed by atoms with E-state index in [1.54, 1.807) is 0 Å². The standard InChI is InChI=1S/C14H12N2/c1-2-8-14-12(5-1)11-15-9-3-6-13-7-4-10-16(13)14/h1-9,11H,10H2. The van der Waals surface area contributed by atoms with Crippen molar-refractivity contribution >= 4 is 17.0 Å². The number of rotatable bonds is 0. The molecule has 0 saturated carbocycles. The molecule has 0 bridgehead atoms. The normalized spacial score (nSPS) is 12.5. The molecule has 0 radical (unpaired) electrons. The van der Waals surface area contributed by atoms with Crippen LogP contribution < -0.4 is 0 Å². The van der Waals surface area contributed by atoms with E-state index >= 15 is 0 Å². The molecule has 2 aromatic rings. The van der Waals surface area contributed by atoms with Crippen LogP contribution in [0.15, 0.2) is 54.9 Å². The highest BCUT2D eigenvalue weighted by molar-refractivity contribution is 5.78. The number of nitrogens with zero attached hydrogens (tertiary/aromatic N) is 2. The van der Waals surface area contributed by atoms with Gasteiger partial charge in [0.1, 0.15) is 0 Å². The molecule has 1 aromatic carbocycles. The van der Waals surface area contributed by atoms with Gasteiger partial charge in [-0.1, -0.05) is 24.3 Å². The number of fused-ring (bicyclic) bond motifs is 3. The minimum Gasteiger partial charge on any atom is -0.337 e. The summed E-state index contributed by atoms with van der Waals surface area (Å²) < 4.78 is 2.29. The molecular formula is C14H12N2. The summed E-state index contributed by atoms with van der Waals surface area (Å²) in [5, 5.41) is 1.16.